The van der Waals surface area contributed by atoms with E-state index < -0.39 is 0 Å². The summed E-state index contributed by atoms with van der Waals surface area (Å²) >= 11 is 0. The van der Waals surface area contributed by atoms with Crippen LogP contribution < -0.4 is 0 Å². The van der Waals surface area contributed by atoms with E-state index >= 15 is 0 Å². The number of hydrogen-bond donors (Lipinski definition) is 1. The van der Waals surface area contributed by atoms with Crippen LogP contribution >= 0.6 is 0 Å². The van der Waals surface area contributed by atoms with E-state index in [4.69, 9.17) is 4.74 Å². The monoisotopic (exact) mass is 195 g/mol. The van der Waals surface area contributed by atoms with Crippen LogP contribution in [0.5, 0.6) is 0 Å². The number of nitrogens with zero attached hydrogens (tertiary/aromatic N) is 2. The Labute approximate surface area is 81.8 Å². The third kappa shape index (κ3) is 1.49. The smallest absolute Gasteiger partial charge is 0.360 e. The molecule has 0 saturated heterocycles. The van der Waals surface area contributed by atoms with Crippen LogP contribution in [-0.2, 0) is 4.74 Å². The minimum Gasteiger partial charge on any atom is -0.461 e. The normalized spacial score (nSPS) is 16.4. The van der Waals surface area contributed by atoms with Crippen molar-refractivity contribution in [3.63, 3.8) is 0 Å². The Hall–Kier alpha value is -1.39. The number of nitrogens with one attached hydrogen (secondary N) is 1. The average Bonchev–Trinajstić information content (AvgIpc) is 2.50. The van der Waals surface area contributed by atoms with Crippen LogP contribution in [0.3, 0.4) is 0 Å². The molecule has 0 atom stereocenters. The highest BCUT2D eigenvalue weighted by Crippen LogP contribution is 2.36. The summed E-state index contributed by atoms with van der Waals surface area (Å²) in [6, 6.07) is 0. The molecule has 5 nitrogen and oxygen atoms in total. The van der Waals surface area contributed by atoms with Crippen molar-refractivity contribution in [2.45, 2.75) is 32.1 Å². The molecule has 0 amide bonds. The zero-order chi connectivity index (χ0) is 9.97. The number of ether oxygens (including phenoxy) is 1. The fraction of sp³-hybridized carbons (Fsp3) is 0.667. The molecule has 0 unspecified atom stereocenters. The van der Waals surface area contributed by atoms with Gasteiger partial charge in [-0.1, -0.05) is 6.42 Å². The van der Waals surface area contributed by atoms with Crippen LogP contribution in [0.15, 0.2) is 0 Å². The minimum absolute atomic E-state index is 0.358. The van der Waals surface area contributed by atoms with Crippen LogP contribution in [0.1, 0.15) is 48.3 Å². The second-order valence-electron chi connectivity index (χ2n) is 3.41. The SMILES string of the molecule is CCOC(=O)c1n[nH]nc1C1CCC1. The molecule has 0 bridgehead atoms. The number of aromatic amines is 1. The predicted octanol–water partition coefficient (Wildman–Crippen LogP) is 1.25. The van der Waals surface area contributed by atoms with E-state index in [1.165, 1.54) is 6.42 Å². The van der Waals surface area contributed by atoms with Gasteiger partial charge in [-0.25, -0.2) is 4.79 Å². The first-order valence-electron chi connectivity index (χ1n) is 4.90. The first kappa shape index (κ1) is 9.18. The summed E-state index contributed by atoms with van der Waals surface area (Å²) in [5.74, 6) is 0.0244. The van der Waals surface area contributed by atoms with Gasteiger partial charge < -0.3 is 4.74 Å². The Balaban J connectivity index is 2.16. The number of rotatable bonds is 3. The lowest BCUT2D eigenvalue weighted by Gasteiger charge is -2.23. The molecule has 0 aromatic carbocycles. The number of esters is 1. The molecular formula is C9H13N3O2. The maximum absolute atomic E-state index is 11.4. The van der Waals surface area contributed by atoms with Crippen molar-refractivity contribution in [2.24, 2.45) is 0 Å². The molecule has 5 heteroatoms. The summed E-state index contributed by atoms with van der Waals surface area (Å²) in [6.07, 6.45) is 3.40. The Bertz CT molecular complexity index is 331. The first-order chi connectivity index (χ1) is 6.83. The van der Waals surface area contributed by atoms with Crippen molar-refractivity contribution in [3.8, 4) is 0 Å². The molecule has 0 radical (unpaired) electrons. The van der Waals surface area contributed by atoms with E-state index in [0.717, 1.165) is 18.5 Å². The third-order valence-corrected chi connectivity index (χ3v) is 2.54. The third-order valence-electron chi connectivity index (χ3n) is 2.54. The lowest BCUT2D eigenvalue weighted by molar-refractivity contribution is 0.0516. The van der Waals surface area contributed by atoms with Gasteiger partial charge in [-0.05, 0) is 19.8 Å². The van der Waals surface area contributed by atoms with Gasteiger partial charge in [-0.2, -0.15) is 10.3 Å². The van der Waals surface area contributed by atoms with E-state index in [1.807, 2.05) is 0 Å². The molecular weight excluding hydrogens is 182 g/mol. The molecule has 0 spiro atoms. The number of hydrogen-bond acceptors (Lipinski definition) is 4. The highest BCUT2D eigenvalue weighted by molar-refractivity contribution is 5.88. The molecule has 1 N–H and O–H groups in total. The molecule has 1 aliphatic carbocycles. The molecule has 2 rings (SSSR count). The van der Waals surface area contributed by atoms with E-state index in [9.17, 15) is 4.79 Å². The maximum Gasteiger partial charge on any atom is 0.360 e. The number of H-pyrrole nitrogens is 1. The molecule has 1 aromatic heterocycles. The van der Waals surface area contributed by atoms with Gasteiger partial charge in [0.2, 0.25) is 0 Å². The number of aromatic nitrogens is 3. The fourth-order valence-corrected chi connectivity index (χ4v) is 1.56. The van der Waals surface area contributed by atoms with Crippen LogP contribution in [0.2, 0.25) is 0 Å². The van der Waals surface area contributed by atoms with Crippen LogP contribution in [0.4, 0.5) is 0 Å². The zero-order valence-corrected chi connectivity index (χ0v) is 8.12. The molecule has 1 saturated carbocycles. The van der Waals surface area contributed by atoms with Gasteiger partial charge in [-0.3, -0.25) is 0 Å². The van der Waals surface area contributed by atoms with Crippen molar-refractivity contribution in [1.29, 1.82) is 0 Å². The number of carbonyl (C=O) groups excluding carboxylic acids is 1. The van der Waals surface area contributed by atoms with Crippen molar-refractivity contribution in [2.75, 3.05) is 6.61 Å². The van der Waals surface area contributed by atoms with E-state index in [2.05, 4.69) is 15.4 Å². The standard InChI is InChI=1S/C9H13N3O2/c1-2-14-9(13)8-7(10-12-11-8)6-4-3-5-6/h6H,2-5H2,1H3,(H,10,11,12). The lowest BCUT2D eigenvalue weighted by atomic mass is 9.82. The van der Waals surface area contributed by atoms with Crippen LogP contribution in [0.25, 0.3) is 0 Å². The average molecular weight is 195 g/mol. The van der Waals surface area contributed by atoms with E-state index in [-0.39, 0.29) is 5.97 Å². The minimum atomic E-state index is -0.372. The van der Waals surface area contributed by atoms with Gasteiger partial charge >= 0.3 is 5.97 Å². The Morgan fingerprint density at radius 1 is 1.57 bits per heavy atom. The summed E-state index contributed by atoms with van der Waals surface area (Å²) in [6.45, 7) is 2.15. The lowest BCUT2D eigenvalue weighted by Crippen LogP contribution is -2.15. The highest BCUT2D eigenvalue weighted by atomic mass is 16.5. The van der Waals surface area contributed by atoms with Crippen molar-refractivity contribution in [1.82, 2.24) is 15.4 Å². The quantitative estimate of drug-likeness (QED) is 0.737. The summed E-state index contributed by atoms with van der Waals surface area (Å²) in [5, 5.41) is 10.3. The molecule has 1 fully saturated rings. The summed E-state index contributed by atoms with van der Waals surface area (Å²) in [4.78, 5) is 11.4. The van der Waals surface area contributed by atoms with Gasteiger partial charge in [-0.15, -0.1) is 5.10 Å². The predicted molar refractivity (Wildman–Crippen MR) is 48.9 cm³/mol. The summed E-state index contributed by atoms with van der Waals surface area (Å²) < 4.78 is 4.88. The van der Waals surface area contributed by atoms with Crippen molar-refractivity contribution >= 4 is 5.97 Å². The van der Waals surface area contributed by atoms with Gasteiger partial charge in [0.05, 0.1) is 6.61 Å². The van der Waals surface area contributed by atoms with Gasteiger partial charge in [0.15, 0.2) is 5.69 Å². The van der Waals surface area contributed by atoms with E-state index in [1.54, 1.807) is 6.92 Å². The van der Waals surface area contributed by atoms with Gasteiger partial charge in [0.1, 0.15) is 5.69 Å². The maximum atomic E-state index is 11.4. The first-order valence-corrected chi connectivity index (χ1v) is 4.90. The largest absolute Gasteiger partial charge is 0.461 e. The molecule has 1 aromatic rings. The van der Waals surface area contributed by atoms with Gasteiger partial charge in [0.25, 0.3) is 0 Å². The number of carbonyl (C=O) groups is 1. The molecule has 1 heterocycles. The molecule has 1 aliphatic rings. The topological polar surface area (TPSA) is 67.9 Å². The Morgan fingerprint density at radius 2 is 2.36 bits per heavy atom. The van der Waals surface area contributed by atoms with Crippen molar-refractivity contribution < 1.29 is 9.53 Å². The second-order valence-corrected chi connectivity index (χ2v) is 3.41. The van der Waals surface area contributed by atoms with Crippen molar-refractivity contribution in [3.05, 3.63) is 11.4 Å². The highest BCUT2D eigenvalue weighted by Gasteiger charge is 2.28. The zero-order valence-electron chi connectivity index (χ0n) is 8.12. The van der Waals surface area contributed by atoms with Gasteiger partial charge in [0, 0.05) is 5.92 Å². The summed E-state index contributed by atoms with van der Waals surface area (Å²) in [5.41, 5.74) is 1.13. The molecule has 0 aliphatic heterocycles. The van der Waals surface area contributed by atoms with Crippen LogP contribution in [-0.4, -0.2) is 28.0 Å². The molecule has 14 heavy (non-hydrogen) atoms. The Morgan fingerprint density at radius 3 is 2.93 bits per heavy atom. The fourth-order valence-electron chi connectivity index (χ4n) is 1.56. The van der Waals surface area contributed by atoms with E-state index in [0.29, 0.717) is 18.2 Å². The Kier molecular flexibility index (Phi) is 2.47. The second kappa shape index (κ2) is 3.77. The summed E-state index contributed by atoms with van der Waals surface area (Å²) in [7, 11) is 0. The van der Waals surface area contributed by atoms with Crippen LogP contribution in [0, 0.1) is 0 Å². The molecule has 76 valence electrons.